The van der Waals surface area contributed by atoms with E-state index in [2.05, 4.69) is 0 Å². The first-order valence-electron chi connectivity index (χ1n) is 4.35. The Morgan fingerprint density at radius 2 is 1.88 bits per heavy atom. The van der Waals surface area contributed by atoms with E-state index in [9.17, 15) is 18.0 Å². The molecule has 1 rings (SSSR count). The lowest BCUT2D eigenvalue weighted by Crippen LogP contribution is -2.25. The summed E-state index contributed by atoms with van der Waals surface area (Å²) in [6, 6.07) is 2.54. The second kappa shape index (κ2) is 4.03. The summed E-state index contributed by atoms with van der Waals surface area (Å²) in [5, 5.41) is 9.00. The molecule has 0 aromatic heterocycles. The van der Waals surface area contributed by atoms with Gasteiger partial charge in [0.25, 0.3) is 5.91 Å². The van der Waals surface area contributed by atoms with Crippen LogP contribution in [-0.4, -0.2) is 30.0 Å². The van der Waals surface area contributed by atoms with E-state index in [1.54, 1.807) is 0 Å². The third-order valence-corrected chi connectivity index (χ3v) is 1.95. The first-order valence-corrected chi connectivity index (χ1v) is 4.35. The van der Waals surface area contributed by atoms with Gasteiger partial charge in [-0.05, 0) is 18.2 Å². The maximum absolute atomic E-state index is 12.6. The fourth-order valence-corrected chi connectivity index (χ4v) is 1.19. The molecule has 6 heteroatoms. The quantitative estimate of drug-likeness (QED) is 0.807. The van der Waals surface area contributed by atoms with E-state index in [0.29, 0.717) is 6.07 Å². The van der Waals surface area contributed by atoms with Gasteiger partial charge in [-0.25, -0.2) is 0 Å². The molecule has 0 saturated carbocycles. The number of amides is 1. The highest BCUT2D eigenvalue weighted by molar-refractivity contribution is 5.95. The van der Waals surface area contributed by atoms with Crippen molar-refractivity contribution < 1.29 is 23.1 Å². The Labute approximate surface area is 90.1 Å². The van der Waals surface area contributed by atoms with Gasteiger partial charge in [-0.15, -0.1) is 0 Å². The van der Waals surface area contributed by atoms with Crippen LogP contribution in [0.2, 0.25) is 0 Å². The second-order valence-corrected chi connectivity index (χ2v) is 3.43. The SMILES string of the molecule is CN(C)C(=O)c1ccc(O)cc1C(F)(F)F. The molecule has 88 valence electrons. The molecule has 0 unspecified atom stereocenters. The minimum absolute atomic E-state index is 0.477. The van der Waals surface area contributed by atoms with Crippen LogP contribution in [0.25, 0.3) is 0 Å². The smallest absolute Gasteiger partial charge is 0.417 e. The number of benzene rings is 1. The summed E-state index contributed by atoms with van der Waals surface area (Å²) in [5.41, 5.74) is -1.61. The van der Waals surface area contributed by atoms with Gasteiger partial charge in [0.1, 0.15) is 5.75 Å². The highest BCUT2D eigenvalue weighted by Crippen LogP contribution is 2.34. The summed E-state index contributed by atoms with van der Waals surface area (Å²) in [7, 11) is 2.71. The van der Waals surface area contributed by atoms with Crippen LogP contribution < -0.4 is 0 Å². The van der Waals surface area contributed by atoms with Gasteiger partial charge < -0.3 is 10.0 Å². The number of phenolic OH excluding ortho intramolecular Hbond substituents is 1. The van der Waals surface area contributed by atoms with Crippen LogP contribution in [0.15, 0.2) is 18.2 Å². The number of alkyl halides is 3. The first kappa shape index (κ1) is 12.4. The fourth-order valence-electron chi connectivity index (χ4n) is 1.19. The Bertz CT molecular complexity index is 413. The summed E-state index contributed by atoms with van der Waals surface area (Å²) in [6.07, 6.45) is -4.67. The molecular weight excluding hydrogens is 223 g/mol. The molecule has 0 atom stereocenters. The molecule has 0 saturated heterocycles. The molecule has 0 bridgehead atoms. The van der Waals surface area contributed by atoms with Crippen LogP contribution in [0.4, 0.5) is 13.2 Å². The van der Waals surface area contributed by atoms with Crippen molar-refractivity contribution in [3.8, 4) is 5.75 Å². The standard InChI is InChI=1S/C10H10F3NO2/c1-14(2)9(16)7-4-3-6(15)5-8(7)10(11,12)13/h3-5,15H,1-2H3. The lowest BCUT2D eigenvalue weighted by atomic mass is 10.1. The molecule has 3 nitrogen and oxygen atoms in total. The number of carbonyl (C=O) groups excluding carboxylic acids is 1. The first-order chi connectivity index (χ1) is 7.23. The summed E-state index contributed by atoms with van der Waals surface area (Å²) >= 11 is 0. The summed E-state index contributed by atoms with van der Waals surface area (Å²) in [4.78, 5) is 12.5. The number of phenols is 1. The molecule has 0 aliphatic carbocycles. The van der Waals surface area contributed by atoms with Gasteiger partial charge in [-0.1, -0.05) is 0 Å². The largest absolute Gasteiger partial charge is 0.508 e. The van der Waals surface area contributed by atoms with Gasteiger partial charge in [-0.3, -0.25) is 4.79 Å². The number of carbonyl (C=O) groups is 1. The zero-order chi connectivity index (χ0) is 12.5. The highest BCUT2D eigenvalue weighted by atomic mass is 19.4. The molecule has 1 amide bonds. The molecule has 16 heavy (non-hydrogen) atoms. The van der Waals surface area contributed by atoms with Crippen molar-refractivity contribution in [1.29, 1.82) is 0 Å². The molecule has 1 N–H and O–H groups in total. The lowest BCUT2D eigenvalue weighted by molar-refractivity contribution is -0.138. The highest BCUT2D eigenvalue weighted by Gasteiger charge is 2.35. The molecule has 0 spiro atoms. The Balaban J connectivity index is 3.34. The van der Waals surface area contributed by atoms with Crippen molar-refractivity contribution >= 4 is 5.91 Å². The van der Waals surface area contributed by atoms with E-state index in [1.165, 1.54) is 14.1 Å². The van der Waals surface area contributed by atoms with Crippen LogP contribution >= 0.6 is 0 Å². The molecule has 1 aromatic carbocycles. The van der Waals surface area contributed by atoms with Gasteiger partial charge >= 0.3 is 6.18 Å². The van der Waals surface area contributed by atoms with Crippen molar-refractivity contribution in [2.24, 2.45) is 0 Å². The van der Waals surface area contributed by atoms with Crippen molar-refractivity contribution in [1.82, 2.24) is 4.90 Å². The van der Waals surface area contributed by atoms with Gasteiger partial charge in [0.15, 0.2) is 0 Å². The van der Waals surface area contributed by atoms with Gasteiger partial charge in [0, 0.05) is 14.1 Å². The van der Waals surface area contributed by atoms with Crippen LogP contribution in [0, 0.1) is 0 Å². The van der Waals surface area contributed by atoms with E-state index in [0.717, 1.165) is 17.0 Å². The van der Waals surface area contributed by atoms with Crippen LogP contribution in [-0.2, 0) is 6.18 Å². The van der Waals surface area contributed by atoms with Crippen molar-refractivity contribution in [2.75, 3.05) is 14.1 Å². The number of rotatable bonds is 1. The molecule has 0 fully saturated rings. The van der Waals surface area contributed by atoms with Crippen molar-refractivity contribution in [2.45, 2.75) is 6.18 Å². The third kappa shape index (κ3) is 2.44. The second-order valence-electron chi connectivity index (χ2n) is 3.43. The molecule has 0 radical (unpaired) electrons. The summed E-state index contributed by atoms with van der Waals surface area (Å²) in [6.45, 7) is 0. The van der Waals surface area contributed by atoms with Gasteiger partial charge in [-0.2, -0.15) is 13.2 Å². The summed E-state index contributed by atoms with van der Waals surface area (Å²) in [5.74, 6) is -1.28. The normalized spacial score (nSPS) is 11.3. The maximum Gasteiger partial charge on any atom is 0.417 e. The topological polar surface area (TPSA) is 40.5 Å². The molecule has 0 aliphatic rings. The molecule has 0 aliphatic heterocycles. The van der Waals surface area contributed by atoms with Crippen molar-refractivity contribution in [3.63, 3.8) is 0 Å². The molecule has 1 aromatic rings. The lowest BCUT2D eigenvalue weighted by Gasteiger charge is -2.16. The third-order valence-electron chi connectivity index (χ3n) is 1.95. The fraction of sp³-hybridized carbons (Fsp3) is 0.300. The minimum atomic E-state index is -4.67. The Kier molecular flexibility index (Phi) is 3.11. The van der Waals surface area contributed by atoms with Gasteiger partial charge in [0.2, 0.25) is 0 Å². The van der Waals surface area contributed by atoms with E-state index in [1.807, 2.05) is 0 Å². The van der Waals surface area contributed by atoms with Crippen molar-refractivity contribution in [3.05, 3.63) is 29.3 Å². The van der Waals surface area contributed by atoms with Crippen LogP contribution in [0.5, 0.6) is 5.75 Å². The Morgan fingerprint density at radius 3 is 2.31 bits per heavy atom. The predicted molar refractivity (Wildman–Crippen MR) is 51.1 cm³/mol. The van der Waals surface area contributed by atoms with Crippen LogP contribution in [0.1, 0.15) is 15.9 Å². The number of hydrogen-bond donors (Lipinski definition) is 1. The number of halogens is 3. The van der Waals surface area contributed by atoms with E-state index >= 15 is 0 Å². The number of aromatic hydroxyl groups is 1. The number of hydrogen-bond acceptors (Lipinski definition) is 2. The average molecular weight is 233 g/mol. The zero-order valence-corrected chi connectivity index (χ0v) is 8.67. The predicted octanol–water partition coefficient (Wildman–Crippen LogP) is 2.11. The molecule has 0 heterocycles. The van der Waals surface area contributed by atoms with E-state index in [-0.39, 0.29) is 0 Å². The summed E-state index contributed by atoms with van der Waals surface area (Å²) < 4.78 is 37.7. The van der Waals surface area contributed by atoms with Gasteiger partial charge in [0.05, 0.1) is 11.1 Å². The zero-order valence-electron chi connectivity index (χ0n) is 8.67. The Morgan fingerprint density at radius 1 is 1.31 bits per heavy atom. The monoisotopic (exact) mass is 233 g/mol. The minimum Gasteiger partial charge on any atom is -0.508 e. The number of nitrogens with zero attached hydrogens (tertiary/aromatic N) is 1. The van der Waals surface area contributed by atoms with E-state index < -0.39 is 29.0 Å². The average Bonchev–Trinajstić information content (AvgIpc) is 2.15. The molecular formula is C10H10F3NO2. The van der Waals surface area contributed by atoms with E-state index in [4.69, 9.17) is 5.11 Å². The Hall–Kier alpha value is -1.72. The maximum atomic E-state index is 12.6. The van der Waals surface area contributed by atoms with Crippen LogP contribution in [0.3, 0.4) is 0 Å².